The molecule has 2 heteroatoms. The summed E-state index contributed by atoms with van der Waals surface area (Å²) in [6.07, 6.45) is 0.909. The summed E-state index contributed by atoms with van der Waals surface area (Å²) in [5, 5.41) is 5.23. The molecule has 0 atom stereocenters. The highest BCUT2D eigenvalue weighted by Crippen LogP contribution is 2.57. The number of hydrogen-bond acceptors (Lipinski definition) is 2. The van der Waals surface area contributed by atoms with Gasteiger partial charge in [-0.15, -0.1) is 22.7 Å². The highest BCUT2D eigenvalue weighted by atomic mass is 32.1. The molecule has 21 rings (SSSR count). The van der Waals surface area contributed by atoms with E-state index in [0.29, 0.717) is 0 Å². The minimum atomic E-state index is -0.120. The number of hydrogen-bond donors (Lipinski definition) is 0. The van der Waals surface area contributed by atoms with E-state index in [-0.39, 0.29) is 21.7 Å². The second kappa shape index (κ2) is 20.1. The molecular weight excluding hydrogens is 1230 g/mol. The molecule has 0 amide bonds. The van der Waals surface area contributed by atoms with E-state index in [9.17, 15) is 0 Å². The van der Waals surface area contributed by atoms with Crippen LogP contribution in [0.25, 0.3) is 163 Å². The summed E-state index contributed by atoms with van der Waals surface area (Å²) in [6.45, 7) is 19.1. The number of thiophene rings is 2. The Morgan fingerprint density at radius 1 is 0.202 bits per heavy atom. The van der Waals surface area contributed by atoms with Gasteiger partial charge in [0.15, 0.2) is 0 Å². The Bertz CT molecular complexity index is 5940. The Morgan fingerprint density at radius 3 is 0.808 bits per heavy atom. The van der Waals surface area contributed by atoms with Crippen LogP contribution in [0.1, 0.15) is 111 Å². The second-order valence-electron chi connectivity index (χ2n) is 31.1. The van der Waals surface area contributed by atoms with Crippen LogP contribution in [0.3, 0.4) is 0 Å². The Kier molecular flexibility index (Phi) is 11.7. The molecule has 0 saturated heterocycles. The number of fused-ring (bicyclic) bond motifs is 21. The molecule has 0 fully saturated rings. The van der Waals surface area contributed by atoms with Crippen molar-refractivity contribution in [1.29, 1.82) is 0 Å². The third-order valence-corrected chi connectivity index (χ3v) is 26.8. The van der Waals surface area contributed by atoms with Gasteiger partial charge in [-0.25, -0.2) is 0 Å². The van der Waals surface area contributed by atoms with E-state index in [1.807, 2.05) is 22.7 Å². The van der Waals surface area contributed by atoms with Crippen LogP contribution in [0.15, 0.2) is 267 Å². The zero-order valence-corrected chi connectivity index (χ0v) is 58.6. The largest absolute Gasteiger partial charge is 0.135 e. The van der Waals surface area contributed by atoms with Crippen molar-refractivity contribution >= 4 is 63.0 Å². The van der Waals surface area contributed by atoms with Crippen LogP contribution < -0.4 is 0 Å². The van der Waals surface area contributed by atoms with E-state index in [4.69, 9.17) is 0 Å². The molecule has 0 bridgehead atoms. The van der Waals surface area contributed by atoms with Crippen LogP contribution in [0, 0.1) is 0 Å². The minimum Gasteiger partial charge on any atom is -0.135 e. The smallest absolute Gasteiger partial charge is 0.0434 e. The van der Waals surface area contributed by atoms with Gasteiger partial charge in [0.05, 0.1) is 0 Å². The Labute approximate surface area is 587 Å². The quantitative estimate of drug-likeness (QED) is 0.156. The fourth-order valence-corrected chi connectivity index (χ4v) is 21.3. The van der Waals surface area contributed by atoms with Gasteiger partial charge in [0.25, 0.3) is 0 Å². The summed E-state index contributed by atoms with van der Waals surface area (Å²) in [7, 11) is 0. The first-order valence-corrected chi connectivity index (χ1v) is 36.9. The Balaban J connectivity index is 0.719. The molecule has 0 nitrogen and oxygen atoms in total. The van der Waals surface area contributed by atoms with Crippen molar-refractivity contribution in [2.24, 2.45) is 0 Å². The SMILES string of the molecule is CC1(C)c2ccccc2-c2ccc(-c3ccc4sc5c(-c6ccc7c(c6)-c6cc(-c8cc(-c9ccc%10c(c9)C(C)(C)c9ccccc9-%10)cc9c8sc8ccc(-c%10ccc%11c(c%10)C(C)(C)c%10ccccc%10-%11)cc89)ccc6C7)cc(-c6ccc7c(c6)C(C)(C)c6ccccc6-7)cc5c4c3)cc21. The molecule has 2 aromatic heterocycles. The van der Waals surface area contributed by atoms with Gasteiger partial charge in [-0.1, -0.05) is 237 Å². The fourth-order valence-electron chi connectivity index (χ4n) is 18.9. The predicted octanol–water partition coefficient (Wildman–Crippen LogP) is 27.2. The summed E-state index contributed by atoms with van der Waals surface area (Å²) in [4.78, 5) is 0. The van der Waals surface area contributed by atoms with Crippen LogP contribution in [0.5, 0.6) is 0 Å². The van der Waals surface area contributed by atoms with Crippen molar-refractivity contribution < 1.29 is 0 Å². The average Bonchev–Trinajstić information content (AvgIpc) is 1.61. The highest BCUT2D eigenvalue weighted by molar-refractivity contribution is 7.26. The summed E-state index contributed by atoms with van der Waals surface area (Å²) in [5.74, 6) is 0. The molecule has 5 aliphatic rings. The molecule has 0 aliphatic heterocycles. The maximum absolute atomic E-state index is 2.54. The van der Waals surface area contributed by atoms with E-state index in [0.717, 1.165) is 6.42 Å². The zero-order chi connectivity index (χ0) is 66.3. The maximum Gasteiger partial charge on any atom is 0.0434 e. The lowest BCUT2D eigenvalue weighted by atomic mass is 9.81. The third-order valence-electron chi connectivity index (χ3n) is 24.3. The van der Waals surface area contributed by atoms with Crippen molar-refractivity contribution in [1.82, 2.24) is 0 Å². The lowest BCUT2D eigenvalue weighted by Gasteiger charge is -2.22. The molecule has 2 heterocycles. The molecule has 0 radical (unpaired) electrons. The standard InChI is InChI=1S/C97H70S2/c1-94(2)82-21-13-9-17-66(82)70-35-29-56(50-86(70)94)54-33-39-90-78(42-54)80-48-64(58-31-37-72-68-19-11-15-23-84(68)96(5,6)88(72)52-58)46-76(92(80)98-90)62-27-25-60-41-61-26-28-63(45-75(61)74(60)44-62)77-47-65(59-32-38-73-69-20-12-16-24-85(69)97(7,8)89(73)53-59)49-81-79-43-55(34-40-91(79)99-93(77)81)57-30-36-71-67-18-10-14-22-83(67)95(3,4)87(71)51-57/h9-40,42-53H,41H2,1-8H3. The van der Waals surface area contributed by atoms with Crippen LogP contribution in [0.2, 0.25) is 0 Å². The monoisotopic (exact) mass is 1300 g/mol. The second-order valence-corrected chi connectivity index (χ2v) is 33.2. The lowest BCUT2D eigenvalue weighted by molar-refractivity contribution is 0.660. The summed E-state index contributed by atoms with van der Waals surface area (Å²) in [5.41, 5.74) is 42.1. The number of benzene rings is 14. The van der Waals surface area contributed by atoms with Crippen molar-refractivity contribution in [2.75, 3.05) is 0 Å². The molecule has 99 heavy (non-hydrogen) atoms. The van der Waals surface area contributed by atoms with E-state index in [2.05, 4.69) is 322 Å². The topological polar surface area (TPSA) is 0 Å². The average molecular weight is 1300 g/mol. The van der Waals surface area contributed by atoms with Crippen LogP contribution in [0.4, 0.5) is 0 Å². The van der Waals surface area contributed by atoms with Crippen molar-refractivity contribution in [3.8, 4) is 122 Å². The third kappa shape index (κ3) is 8.08. The highest BCUT2D eigenvalue weighted by Gasteiger charge is 2.40. The molecule has 14 aromatic carbocycles. The normalized spacial score (nSPS) is 15.4. The van der Waals surface area contributed by atoms with Gasteiger partial charge in [-0.05, 0) is 258 Å². The fraction of sp³-hybridized carbons (Fsp3) is 0.134. The van der Waals surface area contributed by atoms with Crippen molar-refractivity contribution in [3.05, 3.63) is 323 Å². The Morgan fingerprint density at radius 2 is 0.465 bits per heavy atom. The van der Waals surface area contributed by atoms with Gasteiger partial charge in [0.1, 0.15) is 0 Å². The summed E-state index contributed by atoms with van der Waals surface area (Å²) >= 11 is 3.88. The summed E-state index contributed by atoms with van der Waals surface area (Å²) < 4.78 is 5.27. The van der Waals surface area contributed by atoms with Crippen LogP contribution >= 0.6 is 22.7 Å². The van der Waals surface area contributed by atoms with E-state index in [1.165, 1.54) is 218 Å². The first kappa shape index (κ1) is 57.6. The molecule has 470 valence electrons. The Hall–Kier alpha value is -10.5. The zero-order valence-electron chi connectivity index (χ0n) is 56.9. The molecule has 0 N–H and O–H groups in total. The van der Waals surface area contributed by atoms with Gasteiger partial charge in [0, 0.05) is 73.1 Å². The van der Waals surface area contributed by atoms with Crippen molar-refractivity contribution in [3.63, 3.8) is 0 Å². The first-order valence-electron chi connectivity index (χ1n) is 35.3. The molecule has 16 aromatic rings. The van der Waals surface area contributed by atoms with E-state index in [1.54, 1.807) is 0 Å². The molecule has 0 spiro atoms. The predicted molar refractivity (Wildman–Crippen MR) is 423 cm³/mol. The van der Waals surface area contributed by atoms with E-state index >= 15 is 0 Å². The van der Waals surface area contributed by atoms with E-state index < -0.39 is 0 Å². The molecule has 0 saturated carbocycles. The maximum atomic E-state index is 2.54. The van der Waals surface area contributed by atoms with Crippen LogP contribution in [-0.2, 0) is 28.1 Å². The minimum absolute atomic E-state index is 0.0812. The molecular formula is C97H70S2. The molecule has 5 aliphatic carbocycles. The van der Waals surface area contributed by atoms with Gasteiger partial charge < -0.3 is 0 Å². The van der Waals surface area contributed by atoms with Gasteiger partial charge in [-0.2, -0.15) is 0 Å². The van der Waals surface area contributed by atoms with Gasteiger partial charge in [-0.3, -0.25) is 0 Å². The van der Waals surface area contributed by atoms with Gasteiger partial charge in [0.2, 0.25) is 0 Å². The lowest BCUT2D eigenvalue weighted by Crippen LogP contribution is -2.14. The number of rotatable bonds is 6. The summed E-state index contributed by atoms with van der Waals surface area (Å²) in [6, 6.07) is 104. The van der Waals surface area contributed by atoms with Gasteiger partial charge >= 0.3 is 0 Å². The molecule has 0 unspecified atom stereocenters. The van der Waals surface area contributed by atoms with Crippen molar-refractivity contribution in [2.45, 2.75) is 83.5 Å². The first-order chi connectivity index (χ1) is 48.0. The van der Waals surface area contributed by atoms with Crippen LogP contribution in [-0.4, -0.2) is 0 Å².